The Morgan fingerprint density at radius 1 is 1.19 bits per heavy atom. The summed E-state index contributed by atoms with van der Waals surface area (Å²) in [6, 6.07) is 13.4. The topological polar surface area (TPSA) is 38.5 Å². The molecular weight excluding hydrogens is 260 g/mol. The Morgan fingerprint density at radius 2 is 1.95 bits per heavy atom. The van der Waals surface area contributed by atoms with Crippen LogP contribution >= 0.6 is 0 Å². The Balaban J connectivity index is 2.11. The van der Waals surface area contributed by atoms with Crippen molar-refractivity contribution < 1.29 is 4.74 Å². The van der Waals surface area contributed by atoms with E-state index in [0.29, 0.717) is 12.6 Å². The van der Waals surface area contributed by atoms with E-state index in [4.69, 9.17) is 10.5 Å². The van der Waals surface area contributed by atoms with Crippen LogP contribution in [0.2, 0.25) is 0 Å². The van der Waals surface area contributed by atoms with Gasteiger partial charge in [-0.1, -0.05) is 37.3 Å². The lowest BCUT2D eigenvalue weighted by Gasteiger charge is -2.40. The summed E-state index contributed by atoms with van der Waals surface area (Å²) in [6.07, 6.45) is 1.38. The Hall–Kier alpha value is -1.58. The van der Waals surface area contributed by atoms with Gasteiger partial charge in [-0.3, -0.25) is 0 Å². The van der Waals surface area contributed by atoms with E-state index in [1.54, 1.807) is 0 Å². The van der Waals surface area contributed by atoms with E-state index < -0.39 is 0 Å². The number of nitrogens with two attached hydrogens (primary N) is 1. The fraction of sp³-hybridized carbons (Fsp3) is 0.444. The molecule has 1 aliphatic heterocycles. The molecule has 2 atom stereocenters. The van der Waals surface area contributed by atoms with E-state index in [-0.39, 0.29) is 6.10 Å². The van der Waals surface area contributed by atoms with Gasteiger partial charge in [-0.05, 0) is 30.4 Å². The minimum Gasteiger partial charge on any atom is -0.375 e. The zero-order valence-electron chi connectivity index (χ0n) is 12.9. The molecule has 0 radical (unpaired) electrons. The standard InChI is InChI=1S/C18H24N2O/c1-3-15-12-21-13(2)11-20(15)18-9-8-14(10-19)16-6-4-5-7-17(16)18/h4-9,13,15H,3,10-12,19H2,1-2H3. The lowest BCUT2D eigenvalue weighted by molar-refractivity contribution is 0.0301. The van der Waals surface area contributed by atoms with Gasteiger partial charge in [0.05, 0.1) is 18.8 Å². The van der Waals surface area contributed by atoms with Crippen LogP contribution in [0.15, 0.2) is 36.4 Å². The smallest absolute Gasteiger partial charge is 0.0723 e. The fourth-order valence-corrected chi connectivity index (χ4v) is 3.25. The normalized spacial score (nSPS) is 22.7. The molecule has 0 bridgehead atoms. The van der Waals surface area contributed by atoms with Crippen molar-refractivity contribution in [3.63, 3.8) is 0 Å². The second-order valence-electron chi connectivity index (χ2n) is 5.85. The molecule has 112 valence electrons. The summed E-state index contributed by atoms with van der Waals surface area (Å²) in [5.74, 6) is 0. The molecule has 1 fully saturated rings. The number of anilines is 1. The maximum Gasteiger partial charge on any atom is 0.0723 e. The number of fused-ring (bicyclic) bond motifs is 1. The number of ether oxygens (including phenoxy) is 1. The summed E-state index contributed by atoms with van der Waals surface area (Å²) >= 11 is 0. The minimum atomic E-state index is 0.278. The van der Waals surface area contributed by atoms with Gasteiger partial charge in [0.1, 0.15) is 0 Å². The Bertz CT molecular complexity index is 626. The first kappa shape index (κ1) is 14.4. The third kappa shape index (κ3) is 2.63. The first-order valence-corrected chi connectivity index (χ1v) is 7.83. The molecule has 2 N–H and O–H groups in total. The summed E-state index contributed by atoms with van der Waals surface area (Å²) in [5, 5.41) is 2.57. The molecule has 0 aromatic heterocycles. The Labute approximate surface area is 126 Å². The zero-order valence-corrected chi connectivity index (χ0v) is 12.9. The van der Waals surface area contributed by atoms with Gasteiger partial charge in [0.15, 0.2) is 0 Å². The SMILES string of the molecule is CCC1COC(C)CN1c1ccc(CN)c2ccccc12. The van der Waals surface area contributed by atoms with E-state index in [1.165, 1.54) is 22.0 Å². The largest absolute Gasteiger partial charge is 0.375 e. The molecule has 1 heterocycles. The summed E-state index contributed by atoms with van der Waals surface area (Å²) < 4.78 is 5.83. The summed E-state index contributed by atoms with van der Waals surface area (Å²) in [4.78, 5) is 2.51. The van der Waals surface area contributed by atoms with Crippen LogP contribution in [0.3, 0.4) is 0 Å². The molecule has 0 saturated carbocycles. The number of benzene rings is 2. The van der Waals surface area contributed by atoms with Crippen molar-refractivity contribution in [2.45, 2.75) is 39.0 Å². The van der Waals surface area contributed by atoms with Gasteiger partial charge in [-0.25, -0.2) is 0 Å². The van der Waals surface area contributed by atoms with Gasteiger partial charge in [0.25, 0.3) is 0 Å². The van der Waals surface area contributed by atoms with Crippen LogP contribution in [0, 0.1) is 0 Å². The molecule has 1 aliphatic rings. The molecule has 2 aromatic rings. The second kappa shape index (κ2) is 6.04. The number of hydrogen-bond acceptors (Lipinski definition) is 3. The third-order valence-electron chi connectivity index (χ3n) is 4.46. The number of rotatable bonds is 3. The van der Waals surface area contributed by atoms with Crippen LogP contribution in [0.5, 0.6) is 0 Å². The van der Waals surface area contributed by atoms with Gasteiger partial charge < -0.3 is 15.4 Å². The average Bonchev–Trinajstić information content (AvgIpc) is 2.53. The summed E-state index contributed by atoms with van der Waals surface area (Å²) in [7, 11) is 0. The highest BCUT2D eigenvalue weighted by atomic mass is 16.5. The van der Waals surface area contributed by atoms with Gasteiger partial charge >= 0.3 is 0 Å². The molecule has 0 spiro atoms. The second-order valence-corrected chi connectivity index (χ2v) is 5.85. The van der Waals surface area contributed by atoms with Crippen molar-refractivity contribution in [3.05, 3.63) is 42.0 Å². The van der Waals surface area contributed by atoms with E-state index in [2.05, 4.69) is 55.1 Å². The predicted molar refractivity (Wildman–Crippen MR) is 88.7 cm³/mol. The Kier molecular flexibility index (Phi) is 4.13. The molecule has 1 saturated heterocycles. The molecule has 0 amide bonds. The highest BCUT2D eigenvalue weighted by Gasteiger charge is 2.26. The van der Waals surface area contributed by atoms with Crippen LogP contribution in [-0.4, -0.2) is 25.3 Å². The van der Waals surface area contributed by atoms with Crippen LogP contribution in [0.4, 0.5) is 5.69 Å². The highest BCUT2D eigenvalue weighted by Crippen LogP contribution is 2.32. The van der Waals surface area contributed by atoms with Gasteiger partial charge in [0, 0.05) is 24.2 Å². The van der Waals surface area contributed by atoms with Crippen molar-refractivity contribution >= 4 is 16.5 Å². The quantitative estimate of drug-likeness (QED) is 0.940. The van der Waals surface area contributed by atoms with Crippen molar-refractivity contribution in [3.8, 4) is 0 Å². The molecule has 0 aliphatic carbocycles. The van der Waals surface area contributed by atoms with E-state index in [9.17, 15) is 0 Å². The molecule has 3 heteroatoms. The first-order chi connectivity index (χ1) is 10.2. The zero-order chi connectivity index (χ0) is 14.8. The molecule has 3 rings (SSSR count). The van der Waals surface area contributed by atoms with E-state index in [0.717, 1.165) is 19.6 Å². The molecule has 2 unspecified atom stereocenters. The van der Waals surface area contributed by atoms with Gasteiger partial charge in [0.2, 0.25) is 0 Å². The maximum atomic E-state index is 5.89. The monoisotopic (exact) mass is 284 g/mol. The molecule has 2 aromatic carbocycles. The molecular formula is C18H24N2O. The minimum absolute atomic E-state index is 0.278. The van der Waals surface area contributed by atoms with Crippen molar-refractivity contribution in [2.75, 3.05) is 18.1 Å². The third-order valence-corrected chi connectivity index (χ3v) is 4.46. The highest BCUT2D eigenvalue weighted by molar-refractivity contribution is 5.96. The lowest BCUT2D eigenvalue weighted by atomic mass is 10.00. The van der Waals surface area contributed by atoms with E-state index >= 15 is 0 Å². The number of hydrogen-bond donors (Lipinski definition) is 1. The lowest BCUT2D eigenvalue weighted by Crippen LogP contribution is -2.48. The van der Waals surface area contributed by atoms with Crippen LogP contribution < -0.4 is 10.6 Å². The Morgan fingerprint density at radius 3 is 2.67 bits per heavy atom. The van der Waals surface area contributed by atoms with Gasteiger partial charge in [-0.2, -0.15) is 0 Å². The maximum absolute atomic E-state index is 5.89. The van der Waals surface area contributed by atoms with Gasteiger partial charge in [-0.15, -0.1) is 0 Å². The predicted octanol–water partition coefficient (Wildman–Crippen LogP) is 3.30. The fourth-order valence-electron chi connectivity index (χ4n) is 3.25. The average molecular weight is 284 g/mol. The van der Waals surface area contributed by atoms with Crippen molar-refractivity contribution in [1.82, 2.24) is 0 Å². The molecule has 21 heavy (non-hydrogen) atoms. The van der Waals surface area contributed by atoms with Crippen molar-refractivity contribution in [1.29, 1.82) is 0 Å². The van der Waals surface area contributed by atoms with Crippen LogP contribution in [0.1, 0.15) is 25.8 Å². The van der Waals surface area contributed by atoms with Crippen molar-refractivity contribution in [2.24, 2.45) is 5.73 Å². The molecule has 3 nitrogen and oxygen atoms in total. The number of nitrogens with zero attached hydrogens (tertiary/aromatic N) is 1. The summed E-state index contributed by atoms with van der Waals surface area (Å²) in [5.41, 5.74) is 8.41. The van der Waals surface area contributed by atoms with Crippen LogP contribution in [0.25, 0.3) is 10.8 Å². The van der Waals surface area contributed by atoms with Crippen LogP contribution in [-0.2, 0) is 11.3 Å². The van der Waals surface area contributed by atoms with E-state index in [1.807, 2.05) is 0 Å². The first-order valence-electron chi connectivity index (χ1n) is 7.83. The summed E-state index contributed by atoms with van der Waals surface area (Å²) in [6.45, 7) is 6.72. The number of morpholine rings is 1.